The lowest BCUT2D eigenvalue weighted by atomic mass is 10.2. The molecule has 0 spiro atoms. The Hall–Kier alpha value is -2.06. The van der Waals surface area contributed by atoms with Gasteiger partial charge in [0.25, 0.3) is 5.69 Å². The molecule has 0 saturated heterocycles. The van der Waals surface area contributed by atoms with Gasteiger partial charge in [-0.25, -0.2) is 0 Å². The van der Waals surface area contributed by atoms with Crippen molar-refractivity contribution in [2.45, 2.75) is 0 Å². The number of nitrogens with one attached hydrogen (secondary N) is 2. The average Bonchev–Trinajstić information content (AvgIpc) is 2.39. The fraction of sp³-hybridized carbons (Fsp3) is 0.273. The van der Waals surface area contributed by atoms with Crippen molar-refractivity contribution in [2.75, 3.05) is 20.3 Å². The molecule has 0 heterocycles. The first-order valence-corrected chi connectivity index (χ1v) is 5.84. The van der Waals surface area contributed by atoms with E-state index in [-0.39, 0.29) is 5.69 Å². The lowest BCUT2D eigenvalue weighted by molar-refractivity contribution is -0.384. The highest BCUT2D eigenvalue weighted by Gasteiger charge is 2.02. The Morgan fingerprint density at radius 3 is 2.79 bits per heavy atom. The van der Waals surface area contributed by atoms with Crippen molar-refractivity contribution in [3.8, 4) is 0 Å². The van der Waals surface area contributed by atoms with Crippen LogP contribution in [0, 0.1) is 10.1 Å². The van der Waals surface area contributed by atoms with Crippen molar-refractivity contribution in [1.82, 2.24) is 10.7 Å². The molecule has 7 nitrogen and oxygen atoms in total. The molecular formula is C11H14N4O3S. The van der Waals surface area contributed by atoms with Crippen molar-refractivity contribution in [3.05, 3.63) is 39.9 Å². The normalized spacial score (nSPS) is 10.4. The summed E-state index contributed by atoms with van der Waals surface area (Å²) in [5, 5.41) is 17.6. The van der Waals surface area contributed by atoms with Crippen LogP contribution in [-0.2, 0) is 4.74 Å². The largest absolute Gasteiger partial charge is 0.383 e. The topological polar surface area (TPSA) is 88.8 Å². The van der Waals surface area contributed by atoms with Gasteiger partial charge in [0.1, 0.15) is 0 Å². The Morgan fingerprint density at radius 2 is 2.21 bits per heavy atom. The Bertz CT molecular complexity index is 462. The quantitative estimate of drug-likeness (QED) is 0.266. The summed E-state index contributed by atoms with van der Waals surface area (Å²) >= 11 is 4.96. The van der Waals surface area contributed by atoms with Gasteiger partial charge >= 0.3 is 0 Å². The maximum Gasteiger partial charge on any atom is 0.269 e. The van der Waals surface area contributed by atoms with E-state index < -0.39 is 4.92 Å². The molecule has 1 aromatic carbocycles. The second-order valence-corrected chi connectivity index (χ2v) is 3.88. The number of ether oxygens (including phenoxy) is 1. The second-order valence-electron chi connectivity index (χ2n) is 3.47. The van der Waals surface area contributed by atoms with E-state index in [0.29, 0.717) is 18.3 Å². The monoisotopic (exact) mass is 282 g/mol. The fourth-order valence-electron chi connectivity index (χ4n) is 1.15. The van der Waals surface area contributed by atoms with E-state index in [4.69, 9.17) is 17.0 Å². The summed E-state index contributed by atoms with van der Waals surface area (Å²) in [7, 11) is 1.60. The van der Waals surface area contributed by atoms with Gasteiger partial charge in [-0.2, -0.15) is 5.10 Å². The number of nitro benzene ring substituents is 1. The third-order valence-corrected chi connectivity index (χ3v) is 2.31. The first-order chi connectivity index (χ1) is 9.13. The predicted octanol–water partition coefficient (Wildman–Crippen LogP) is 1.04. The van der Waals surface area contributed by atoms with Gasteiger partial charge in [0.05, 0.1) is 17.7 Å². The fourth-order valence-corrected chi connectivity index (χ4v) is 1.31. The highest BCUT2D eigenvalue weighted by Crippen LogP contribution is 2.10. The van der Waals surface area contributed by atoms with E-state index in [2.05, 4.69) is 15.8 Å². The van der Waals surface area contributed by atoms with Crippen molar-refractivity contribution < 1.29 is 9.66 Å². The van der Waals surface area contributed by atoms with Crippen molar-refractivity contribution >= 4 is 29.2 Å². The van der Waals surface area contributed by atoms with Crippen LogP contribution in [0.15, 0.2) is 29.4 Å². The zero-order valence-corrected chi connectivity index (χ0v) is 11.1. The molecule has 2 N–H and O–H groups in total. The molecular weight excluding hydrogens is 268 g/mol. The number of hydrogen-bond donors (Lipinski definition) is 2. The Balaban J connectivity index is 2.40. The summed E-state index contributed by atoms with van der Waals surface area (Å²) in [6, 6.07) is 6.03. The van der Waals surface area contributed by atoms with Gasteiger partial charge in [-0.05, 0) is 29.9 Å². The number of thiocarbonyl (C=S) groups is 1. The zero-order valence-electron chi connectivity index (χ0n) is 10.3. The first kappa shape index (κ1) is 15.0. The smallest absolute Gasteiger partial charge is 0.269 e. The van der Waals surface area contributed by atoms with Crippen LogP contribution in [0.25, 0.3) is 0 Å². The number of benzene rings is 1. The molecule has 19 heavy (non-hydrogen) atoms. The molecule has 0 fully saturated rings. The zero-order chi connectivity index (χ0) is 14.1. The number of hydrogen-bond acceptors (Lipinski definition) is 5. The summed E-state index contributed by atoms with van der Waals surface area (Å²) in [6.45, 7) is 1.14. The number of hydrazone groups is 1. The molecule has 0 atom stereocenters. The molecule has 0 aliphatic rings. The molecule has 0 aliphatic heterocycles. The van der Waals surface area contributed by atoms with Gasteiger partial charge in [0, 0.05) is 25.8 Å². The van der Waals surface area contributed by atoms with Gasteiger partial charge in [0.2, 0.25) is 0 Å². The number of methoxy groups -OCH3 is 1. The first-order valence-electron chi connectivity index (χ1n) is 5.44. The van der Waals surface area contributed by atoms with Crippen molar-refractivity contribution in [1.29, 1.82) is 0 Å². The van der Waals surface area contributed by atoms with E-state index in [1.54, 1.807) is 19.2 Å². The van der Waals surface area contributed by atoms with E-state index in [1.165, 1.54) is 18.3 Å². The van der Waals surface area contributed by atoms with Gasteiger partial charge < -0.3 is 10.1 Å². The molecule has 0 radical (unpaired) electrons. The Morgan fingerprint density at radius 1 is 1.53 bits per heavy atom. The van der Waals surface area contributed by atoms with Gasteiger partial charge in [-0.3, -0.25) is 15.5 Å². The summed E-state index contributed by atoms with van der Waals surface area (Å²) in [6.07, 6.45) is 1.52. The lowest BCUT2D eigenvalue weighted by Crippen LogP contribution is -2.34. The summed E-state index contributed by atoms with van der Waals surface area (Å²) in [5.74, 6) is 0. The van der Waals surface area contributed by atoms with Crippen LogP contribution in [0.1, 0.15) is 5.56 Å². The minimum atomic E-state index is -0.450. The molecule has 1 rings (SSSR count). The molecule has 0 saturated carbocycles. The maximum absolute atomic E-state index is 10.5. The van der Waals surface area contributed by atoms with Crippen LogP contribution < -0.4 is 10.7 Å². The van der Waals surface area contributed by atoms with Gasteiger partial charge in [0.15, 0.2) is 5.11 Å². The number of non-ortho nitro benzene ring substituents is 1. The van der Waals surface area contributed by atoms with Crippen LogP contribution in [0.5, 0.6) is 0 Å². The van der Waals surface area contributed by atoms with Crippen molar-refractivity contribution in [3.63, 3.8) is 0 Å². The minimum absolute atomic E-state index is 0.0434. The third kappa shape index (κ3) is 5.89. The van der Waals surface area contributed by atoms with Crippen LogP contribution >= 0.6 is 12.2 Å². The molecule has 0 bridgehead atoms. The van der Waals surface area contributed by atoms with Crippen LogP contribution in [0.3, 0.4) is 0 Å². The van der Waals surface area contributed by atoms with Crippen LogP contribution in [0.2, 0.25) is 0 Å². The lowest BCUT2D eigenvalue weighted by Gasteiger charge is -2.05. The Kier molecular flexibility index (Phi) is 6.41. The highest BCUT2D eigenvalue weighted by molar-refractivity contribution is 7.80. The van der Waals surface area contributed by atoms with E-state index in [9.17, 15) is 10.1 Å². The minimum Gasteiger partial charge on any atom is -0.383 e. The van der Waals surface area contributed by atoms with Crippen molar-refractivity contribution in [2.24, 2.45) is 5.10 Å². The number of nitrogens with zero attached hydrogens (tertiary/aromatic N) is 2. The maximum atomic E-state index is 10.5. The molecule has 102 valence electrons. The van der Waals surface area contributed by atoms with E-state index in [0.717, 1.165) is 5.56 Å². The SMILES string of the molecule is COCCNC(=S)N/N=C\c1ccc([N+](=O)[O-])cc1. The molecule has 0 aromatic heterocycles. The summed E-state index contributed by atoms with van der Waals surface area (Å²) < 4.78 is 4.85. The highest BCUT2D eigenvalue weighted by atomic mass is 32.1. The summed E-state index contributed by atoms with van der Waals surface area (Å²) in [5.41, 5.74) is 3.41. The van der Waals surface area contributed by atoms with Gasteiger partial charge in [-0.1, -0.05) is 0 Å². The van der Waals surface area contributed by atoms with E-state index in [1.807, 2.05) is 0 Å². The van der Waals surface area contributed by atoms with E-state index >= 15 is 0 Å². The number of rotatable bonds is 6. The van der Waals surface area contributed by atoms with Crippen LogP contribution in [0.4, 0.5) is 5.69 Å². The average molecular weight is 282 g/mol. The third-order valence-electron chi connectivity index (χ3n) is 2.08. The molecule has 0 aliphatic carbocycles. The summed E-state index contributed by atoms with van der Waals surface area (Å²) in [4.78, 5) is 10.0. The van der Waals surface area contributed by atoms with Gasteiger partial charge in [-0.15, -0.1) is 0 Å². The van der Waals surface area contributed by atoms with Crippen LogP contribution in [-0.4, -0.2) is 36.5 Å². The Labute approximate surface area is 115 Å². The standard InChI is InChI=1S/C11H14N4O3S/c1-18-7-6-12-11(19)14-13-8-9-2-4-10(5-3-9)15(16)17/h2-5,8H,6-7H2,1H3,(H2,12,14,19)/b13-8-. The molecule has 1 aromatic rings. The predicted molar refractivity (Wildman–Crippen MR) is 76.3 cm³/mol. The number of nitro groups is 1. The molecule has 0 unspecified atom stereocenters. The molecule has 0 amide bonds. The second kappa shape index (κ2) is 8.11. The molecule has 8 heteroatoms.